The number of halogens is 2. The first-order valence-corrected chi connectivity index (χ1v) is 3.14. The highest BCUT2D eigenvalue weighted by Crippen LogP contribution is 2.45. The molecule has 1 aliphatic carbocycles. The third-order valence-corrected chi connectivity index (χ3v) is 1.98. The Bertz CT molecular complexity index is 135. The van der Waals surface area contributed by atoms with Crippen molar-refractivity contribution in [3.8, 4) is 0 Å². The number of hydrogen-bond donors (Lipinski definition) is 0. The number of hydrogen-bond acceptors (Lipinski definition) is 1. The van der Waals surface area contributed by atoms with E-state index in [2.05, 4.69) is 0 Å². The number of alkyl halides is 2. The Kier molecular flexibility index (Phi) is 1.13. The molecule has 0 N–H and O–H groups in total. The van der Waals surface area contributed by atoms with Crippen molar-refractivity contribution in [2.24, 2.45) is 0 Å². The van der Waals surface area contributed by atoms with Gasteiger partial charge in [-0.05, 0) is 0 Å². The SMILES string of the molecule is [O]S(=O)C1CC1(F)F. The van der Waals surface area contributed by atoms with Gasteiger partial charge in [0.25, 0.3) is 5.92 Å². The van der Waals surface area contributed by atoms with Crippen LogP contribution in [-0.2, 0) is 15.6 Å². The molecule has 0 aromatic rings. The van der Waals surface area contributed by atoms with Crippen molar-refractivity contribution in [3.05, 3.63) is 0 Å². The summed E-state index contributed by atoms with van der Waals surface area (Å²) >= 11 is -2.58. The lowest BCUT2D eigenvalue weighted by molar-refractivity contribution is 0.121. The van der Waals surface area contributed by atoms with E-state index in [0.717, 1.165) is 0 Å². The molecule has 1 fully saturated rings. The van der Waals surface area contributed by atoms with E-state index in [0.29, 0.717) is 0 Å². The van der Waals surface area contributed by atoms with Gasteiger partial charge in [-0.2, -0.15) is 0 Å². The Labute approximate surface area is 47.2 Å². The van der Waals surface area contributed by atoms with Gasteiger partial charge in [0, 0.05) is 6.42 Å². The van der Waals surface area contributed by atoms with Crippen molar-refractivity contribution in [1.82, 2.24) is 0 Å². The average Bonchev–Trinajstić information content (AvgIpc) is 2.13. The third kappa shape index (κ3) is 0.877. The van der Waals surface area contributed by atoms with E-state index in [9.17, 15) is 17.5 Å². The normalized spacial score (nSPS) is 36.6. The van der Waals surface area contributed by atoms with Crippen molar-refractivity contribution in [2.45, 2.75) is 17.6 Å². The minimum absolute atomic E-state index is 0.497. The molecule has 0 aliphatic heterocycles. The summed E-state index contributed by atoms with van der Waals surface area (Å²) in [7, 11) is 0. The fourth-order valence-electron chi connectivity index (χ4n) is 0.397. The van der Waals surface area contributed by atoms with Gasteiger partial charge in [0.15, 0.2) is 11.1 Å². The maximum atomic E-state index is 11.7. The Morgan fingerprint density at radius 3 is 2.00 bits per heavy atom. The Balaban J connectivity index is 2.48. The van der Waals surface area contributed by atoms with Gasteiger partial charge in [-0.25, -0.2) is 13.0 Å². The molecule has 0 aromatic heterocycles. The van der Waals surface area contributed by atoms with Crippen LogP contribution in [0.2, 0.25) is 0 Å². The largest absolute Gasteiger partial charge is 0.266 e. The molecular formula is C3H3F2O2S. The summed E-state index contributed by atoms with van der Waals surface area (Å²) in [6.45, 7) is 0. The molecule has 2 unspecified atom stereocenters. The molecule has 1 rings (SSSR count). The molecule has 0 saturated heterocycles. The van der Waals surface area contributed by atoms with Crippen LogP contribution in [0.25, 0.3) is 0 Å². The molecule has 1 saturated carbocycles. The zero-order valence-corrected chi connectivity index (χ0v) is 4.58. The van der Waals surface area contributed by atoms with E-state index in [1.807, 2.05) is 0 Å². The standard InChI is InChI=1S/C3H3F2O2S/c4-3(5)1-2(3)8(6)7/h2H,1H2. The zero-order valence-electron chi connectivity index (χ0n) is 3.77. The lowest BCUT2D eigenvalue weighted by atomic mass is 10.8. The van der Waals surface area contributed by atoms with Gasteiger partial charge in [0.1, 0.15) is 5.25 Å². The molecule has 8 heavy (non-hydrogen) atoms. The summed E-state index contributed by atoms with van der Waals surface area (Å²) in [6, 6.07) is 0. The summed E-state index contributed by atoms with van der Waals surface area (Å²) in [5, 5.41) is -1.40. The predicted molar refractivity (Wildman–Crippen MR) is 22.2 cm³/mol. The van der Waals surface area contributed by atoms with Crippen molar-refractivity contribution in [3.63, 3.8) is 0 Å². The van der Waals surface area contributed by atoms with Crippen molar-refractivity contribution in [1.29, 1.82) is 0 Å². The highest BCUT2D eigenvalue weighted by Gasteiger charge is 2.61. The molecule has 2 atom stereocenters. The summed E-state index contributed by atoms with van der Waals surface area (Å²) in [5.74, 6) is -2.92. The molecule has 1 aliphatic rings. The quantitative estimate of drug-likeness (QED) is 0.523. The second kappa shape index (κ2) is 1.48. The fourth-order valence-corrected chi connectivity index (χ4v) is 1.04. The summed E-state index contributed by atoms with van der Waals surface area (Å²) in [6.07, 6.45) is -0.497. The van der Waals surface area contributed by atoms with Crippen LogP contribution in [0.1, 0.15) is 6.42 Å². The molecule has 1 radical (unpaired) electrons. The van der Waals surface area contributed by atoms with Crippen LogP contribution in [0.4, 0.5) is 8.78 Å². The van der Waals surface area contributed by atoms with Crippen LogP contribution in [0.3, 0.4) is 0 Å². The third-order valence-electron chi connectivity index (χ3n) is 1.00. The van der Waals surface area contributed by atoms with Gasteiger partial charge in [0.2, 0.25) is 0 Å². The van der Waals surface area contributed by atoms with E-state index in [1.54, 1.807) is 0 Å². The van der Waals surface area contributed by atoms with Gasteiger partial charge in [-0.15, -0.1) is 4.55 Å². The van der Waals surface area contributed by atoms with Crippen LogP contribution in [0.5, 0.6) is 0 Å². The molecular weight excluding hydrogens is 138 g/mol. The topological polar surface area (TPSA) is 37.0 Å². The van der Waals surface area contributed by atoms with E-state index in [-0.39, 0.29) is 0 Å². The van der Waals surface area contributed by atoms with E-state index in [4.69, 9.17) is 0 Å². The van der Waals surface area contributed by atoms with Gasteiger partial charge < -0.3 is 0 Å². The maximum absolute atomic E-state index is 11.7. The maximum Gasteiger partial charge on any atom is 0.266 e. The number of rotatable bonds is 1. The van der Waals surface area contributed by atoms with Crippen LogP contribution >= 0.6 is 0 Å². The van der Waals surface area contributed by atoms with Gasteiger partial charge in [0.05, 0.1) is 0 Å². The molecule has 0 amide bonds. The fraction of sp³-hybridized carbons (Fsp3) is 1.00. The van der Waals surface area contributed by atoms with E-state index in [1.165, 1.54) is 0 Å². The van der Waals surface area contributed by atoms with Gasteiger partial charge >= 0.3 is 0 Å². The summed E-state index contributed by atoms with van der Waals surface area (Å²) in [5.41, 5.74) is 0. The molecule has 2 nitrogen and oxygen atoms in total. The first kappa shape index (κ1) is 6.10. The second-order valence-corrected chi connectivity index (χ2v) is 2.80. The van der Waals surface area contributed by atoms with Crippen LogP contribution < -0.4 is 0 Å². The Morgan fingerprint density at radius 1 is 1.62 bits per heavy atom. The van der Waals surface area contributed by atoms with Crippen LogP contribution in [0.15, 0.2) is 0 Å². The lowest BCUT2D eigenvalue weighted by Gasteiger charge is -1.85. The zero-order chi connectivity index (χ0) is 6.36. The molecule has 0 bridgehead atoms. The lowest BCUT2D eigenvalue weighted by Crippen LogP contribution is -2.03. The highest BCUT2D eigenvalue weighted by atomic mass is 32.2. The molecule has 0 spiro atoms. The minimum atomic E-state index is -2.92. The minimum Gasteiger partial charge on any atom is -0.226 e. The van der Waals surface area contributed by atoms with Crippen molar-refractivity contribution >= 4 is 11.1 Å². The second-order valence-electron chi connectivity index (χ2n) is 1.71. The first-order valence-electron chi connectivity index (χ1n) is 2.00. The molecule has 0 heterocycles. The van der Waals surface area contributed by atoms with Crippen LogP contribution in [0, 0.1) is 0 Å². The predicted octanol–water partition coefficient (Wildman–Crippen LogP) is 0.488. The van der Waals surface area contributed by atoms with Gasteiger partial charge in [-0.3, -0.25) is 0 Å². The highest BCUT2D eigenvalue weighted by molar-refractivity contribution is 7.80. The van der Waals surface area contributed by atoms with Gasteiger partial charge in [-0.1, -0.05) is 0 Å². The molecule has 47 valence electrons. The van der Waals surface area contributed by atoms with E-state index < -0.39 is 28.7 Å². The monoisotopic (exact) mass is 141 g/mol. The van der Waals surface area contributed by atoms with Crippen molar-refractivity contribution in [2.75, 3.05) is 0 Å². The molecule has 0 aromatic carbocycles. The molecule has 5 heteroatoms. The van der Waals surface area contributed by atoms with Crippen LogP contribution in [-0.4, -0.2) is 15.4 Å². The average molecular weight is 141 g/mol. The summed E-state index contributed by atoms with van der Waals surface area (Å²) in [4.78, 5) is 0. The smallest absolute Gasteiger partial charge is 0.226 e. The Morgan fingerprint density at radius 2 is 2.00 bits per heavy atom. The van der Waals surface area contributed by atoms with Crippen molar-refractivity contribution < 1.29 is 17.5 Å². The first-order chi connectivity index (χ1) is 3.54. The van der Waals surface area contributed by atoms with E-state index >= 15 is 0 Å². The summed E-state index contributed by atoms with van der Waals surface area (Å²) < 4.78 is 42.7. The Hall–Kier alpha value is -0.0300.